The Balaban J connectivity index is 3.32. The first-order valence-corrected chi connectivity index (χ1v) is 12.4. The molecule has 0 aliphatic heterocycles. The molecule has 7 nitrogen and oxygen atoms in total. The van der Waals surface area contributed by atoms with E-state index in [1.165, 1.54) is 0 Å². The first-order valence-electron chi connectivity index (χ1n) is 12.4. The van der Waals surface area contributed by atoms with Gasteiger partial charge < -0.3 is 20.3 Å². The standard InChI is InChI=1S/C27H45N3O4/c1-10-21-13-15-22(16-14-21)24(25(32)29-19(4)5)30(20(6)12-11-18(2)3)23(31)17-28-26(33)34-27(7,8)9/h13-16,18-20,24H,10-12,17H2,1-9H3,(H,28,33)(H,29,32). The number of hydrogen-bond donors (Lipinski definition) is 2. The van der Waals surface area contributed by atoms with E-state index in [0.717, 1.165) is 30.4 Å². The summed E-state index contributed by atoms with van der Waals surface area (Å²) in [6.45, 7) is 17.1. The SMILES string of the molecule is CCc1ccc(C(C(=O)NC(C)C)N(C(=O)CNC(=O)OC(C)(C)C)C(C)CCC(C)C)cc1. The van der Waals surface area contributed by atoms with E-state index in [9.17, 15) is 14.4 Å². The van der Waals surface area contributed by atoms with Crippen molar-refractivity contribution in [2.24, 2.45) is 5.92 Å². The monoisotopic (exact) mass is 475 g/mol. The molecular weight excluding hydrogens is 430 g/mol. The number of benzene rings is 1. The number of ether oxygens (including phenoxy) is 1. The van der Waals surface area contributed by atoms with E-state index in [-0.39, 0.29) is 30.4 Å². The van der Waals surface area contributed by atoms with Gasteiger partial charge in [0.15, 0.2) is 0 Å². The first kappa shape index (κ1) is 29.5. The Morgan fingerprint density at radius 1 is 0.971 bits per heavy atom. The van der Waals surface area contributed by atoms with E-state index in [0.29, 0.717) is 5.92 Å². The number of amides is 3. The van der Waals surface area contributed by atoms with Crippen LogP contribution in [-0.2, 0) is 20.7 Å². The van der Waals surface area contributed by atoms with Crippen LogP contribution in [0, 0.1) is 5.92 Å². The Morgan fingerprint density at radius 3 is 2.03 bits per heavy atom. The highest BCUT2D eigenvalue weighted by Gasteiger charge is 2.35. The molecule has 2 N–H and O–H groups in total. The van der Waals surface area contributed by atoms with E-state index >= 15 is 0 Å². The van der Waals surface area contributed by atoms with E-state index < -0.39 is 17.7 Å². The van der Waals surface area contributed by atoms with Crippen molar-refractivity contribution in [1.82, 2.24) is 15.5 Å². The summed E-state index contributed by atoms with van der Waals surface area (Å²) in [7, 11) is 0. The Bertz CT molecular complexity index is 797. The fourth-order valence-electron chi connectivity index (χ4n) is 3.65. The van der Waals surface area contributed by atoms with Gasteiger partial charge in [-0.3, -0.25) is 9.59 Å². The molecule has 192 valence electrons. The fraction of sp³-hybridized carbons (Fsp3) is 0.667. The largest absolute Gasteiger partial charge is 0.444 e. The van der Waals surface area contributed by atoms with Crippen molar-refractivity contribution in [3.05, 3.63) is 35.4 Å². The lowest BCUT2D eigenvalue weighted by molar-refractivity contribution is -0.143. The quantitative estimate of drug-likeness (QED) is 0.472. The molecule has 34 heavy (non-hydrogen) atoms. The highest BCUT2D eigenvalue weighted by Crippen LogP contribution is 2.27. The normalized spacial score (nSPS) is 13.4. The summed E-state index contributed by atoms with van der Waals surface area (Å²) < 4.78 is 5.28. The number of rotatable bonds is 11. The smallest absolute Gasteiger partial charge is 0.408 e. The molecule has 0 aliphatic carbocycles. The highest BCUT2D eigenvalue weighted by atomic mass is 16.6. The number of aryl methyl sites for hydroxylation is 1. The second-order valence-electron chi connectivity index (χ2n) is 10.6. The van der Waals surface area contributed by atoms with E-state index in [1.807, 2.05) is 45.0 Å². The van der Waals surface area contributed by atoms with Crippen LogP contribution < -0.4 is 10.6 Å². The second-order valence-corrected chi connectivity index (χ2v) is 10.6. The molecule has 1 rings (SSSR count). The third-order valence-electron chi connectivity index (χ3n) is 5.37. The maximum Gasteiger partial charge on any atom is 0.408 e. The predicted octanol–water partition coefficient (Wildman–Crippen LogP) is 4.99. The topological polar surface area (TPSA) is 87.7 Å². The van der Waals surface area contributed by atoms with Crippen molar-refractivity contribution in [3.63, 3.8) is 0 Å². The average molecular weight is 476 g/mol. The molecule has 0 aliphatic rings. The number of nitrogens with zero attached hydrogens (tertiary/aromatic N) is 1. The molecule has 0 spiro atoms. The summed E-state index contributed by atoms with van der Waals surface area (Å²) in [5, 5.41) is 5.54. The molecule has 0 aromatic heterocycles. The van der Waals surface area contributed by atoms with Crippen molar-refractivity contribution in [1.29, 1.82) is 0 Å². The van der Waals surface area contributed by atoms with Crippen LogP contribution in [0.3, 0.4) is 0 Å². The van der Waals surface area contributed by atoms with Gasteiger partial charge in [-0.05, 0) is 77.8 Å². The highest BCUT2D eigenvalue weighted by molar-refractivity contribution is 5.90. The van der Waals surface area contributed by atoms with Gasteiger partial charge >= 0.3 is 6.09 Å². The van der Waals surface area contributed by atoms with E-state index in [4.69, 9.17) is 4.74 Å². The number of carbonyl (C=O) groups excluding carboxylic acids is 3. The van der Waals surface area contributed by atoms with Gasteiger partial charge in [0.25, 0.3) is 0 Å². The van der Waals surface area contributed by atoms with E-state index in [1.54, 1.807) is 25.7 Å². The zero-order valence-electron chi connectivity index (χ0n) is 22.5. The molecule has 0 saturated carbocycles. The van der Waals surface area contributed by atoms with Gasteiger partial charge in [0, 0.05) is 12.1 Å². The minimum Gasteiger partial charge on any atom is -0.444 e. The van der Waals surface area contributed by atoms with Gasteiger partial charge in [-0.1, -0.05) is 45.0 Å². The fourth-order valence-corrected chi connectivity index (χ4v) is 3.65. The van der Waals surface area contributed by atoms with Crippen molar-refractivity contribution >= 4 is 17.9 Å². The van der Waals surface area contributed by atoms with Crippen LogP contribution >= 0.6 is 0 Å². The molecule has 7 heteroatoms. The number of hydrogen-bond acceptors (Lipinski definition) is 4. The van der Waals surface area contributed by atoms with Crippen molar-refractivity contribution in [2.75, 3.05) is 6.54 Å². The lowest BCUT2D eigenvalue weighted by Crippen LogP contribution is -2.52. The summed E-state index contributed by atoms with van der Waals surface area (Å²) in [5.74, 6) is -0.0991. The predicted molar refractivity (Wildman–Crippen MR) is 136 cm³/mol. The van der Waals surface area contributed by atoms with E-state index in [2.05, 4.69) is 31.4 Å². The van der Waals surface area contributed by atoms with Crippen LogP contribution in [0.1, 0.15) is 92.3 Å². The number of alkyl carbamates (subject to hydrolysis) is 1. The molecular formula is C27H45N3O4. The Labute approximate surface area is 206 Å². The van der Waals surface area contributed by atoms with Gasteiger partial charge in [0.2, 0.25) is 11.8 Å². The van der Waals surface area contributed by atoms with Crippen LogP contribution in [-0.4, -0.2) is 47.0 Å². The zero-order chi connectivity index (χ0) is 26.1. The van der Waals surface area contributed by atoms with Crippen LogP contribution in [0.15, 0.2) is 24.3 Å². The van der Waals surface area contributed by atoms with Gasteiger partial charge in [0.1, 0.15) is 18.2 Å². The summed E-state index contributed by atoms with van der Waals surface area (Å²) in [5.41, 5.74) is 1.24. The van der Waals surface area contributed by atoms with Gasteiger partial charge in [-0.2, -0.15) is 0 Å². The second kappa shape index (κ2) is 13.4. The van der Waals surface area contributed by atoms with Gasteiger partial charge in [0.05, 0.1) is 0 Å². The lowest BCUT2D eigenvalue weighted by atomic mass is 9.97. The third kappa shape index (κ3) is 10.1. The van der Waals surface area contributed by atoms with Crippen LogP contribution in [0.2, 0.25) is 0 Å². The Morgan fingerprint density at radius 2 is 1.56 bits per heavy atom. The molecule has 0 fully saturated rings. The first-order chi connectivity index (χ1) is 15.7. The van der Waals surface area contributed by atoms with Crippen LogP contribution in [0.25, 0.3) is 0 Å². The molecule has 0 bridgehead atoms. The summed E-state index contributed by atoms with van der Waals surface area (Å²) in [4.78, 5) is 40.7. The Hall–Kier alpha value is -2.57. The molecule has 0 heterocycles. The number of carbonyl (C=O) groups is 3. The van der Waals surface area contributed by atoms with Crippen LogP contribution in [0.5, 0.6) is 0 Å². The molecule has 2 unspecified atom stereocenters. The molecule has 1 aromatic rings. The van der Waals surface area contributed by atoms with Crippen molar-refractivity contribution < 1.29 is 19.1 Å². The Kier molecular flexibility index (Phi) is 11.6. The third-order valence-corrected chi connectivity index (χ3v) is 5.37. The summed E-state index contributed by atoms with van der Waals surface area (Å²) in [6, 6.07) is 6.73. The van der Waals surface area contributed by atoms with Gasteiger partial charge in [-0.15, -0.1) is 0 Å². The molecule has 0 radical (unpaired) electrons. The minimum atomic E-state index is -0.802. The minimum absolute atomic E-state index is 0.0762. The molecule has 3 amide bonds. The molecule has 2 atom stereocenters. The maximum absolute atomic E-state index is 13.5. The number of nitrogens with one attached hydrogen (secondary N) is 2. The van der Waals surface area contributed by atoms with Crippen molar-refractivity contribution in [3.8, 4) is 0 Å². The summed E-state index contributed by atoms with van der Waals surface area (Å²) in [6.07, 6.45) is 1.88. The molecule has 0 saturated heterocycles. The summed E-state index contributed by atoms with van der Waals surface area (Å²) >= 11 is 0. The van der Waals surface area contributed by atoms with Crippen molar-refractivity contribution in [2.45, 2.75) is 105 Å². The maximum atomic E-state index is 13.5. The van der Waals surface area contributed by atoms with Crippen LogP contribution in [0.4, 0.5) is 4.79 Å². The average Bonchev–Trinajstić information content (AvgIpc) is 2.72. The van der Waals surface area contributed by atoms with Gasteiger partial charge in [-0.25, -0.2) is 4.79 Å². The lowest BCUT2D eigenvalue weighted by Gasteiger charge is -2.37. The molecule has 1 aromatic carbocycles. The zero-order valence-corrected chi connectivity index (χ0v) is 22.5.